The van der Waals surface area contributed by atoms with E-state index in [1.807, 2.05) is 36.2 Å². The molecule has 0 unspecified atom stereocenters. The molecule has 8 heteroatoms. The van der Waals surface area contributed by atoms with Gasteiger partial charge >= 0.3 is 0 Å². The number of β-amino-alcohol motifs (C(OH)–C–C–N with tert-alkyl or cyclic N) is 1. The topological polar surface area (TPSA) is 100 Å². The number of benzene rings is 1. The maximum Gasteiger partial charge on any atom is 0.268 e. The Labute approximate surface area is 150 Å². The molecule has 8 nitrogen and oxygen atoms in total. The van der Waals surface area contributed by atoms with E-state index in [1.54, 1.807) is 12.4 Å². The van der Waals surface area contributed by atoms with Crippen molar-refractivity contribution in [3.63, 3.8) is 0 Å². The molecule has 1 aliphatic rings. The van der Waals surface area contributed by atoms with Crippen LogP contribution in [0.15, 0.2) is 41.1 Å². The molecular weight excluding hydrogens is 332 g/mol. The number of rotatable bonds is 5. The minimum Gasteiger partial charge on any atom is -0.415 e. The first-order chi connectivity index (χ1) is 12.7. The summed E-state index contributed by atoms with van der Waals surface area (Å²) >= 11 is 0. The van der Waals surface area contributed by atoms with Gasteiger partial charge in [0.15, 0.2) is 0 Å². The van der Waals surface area contributed by atoms with Crippen molar-refractivity contribution in [1.29, 1.82) is 0 Å². The summed E-state index contributed by atoms with van der Waals surface area (Å²) in [6, 6.07) is 7.96. The van der Waals surface area contributed by atoms with Crippen molar-refractivity contribution in [2.45, 2.75) is 19.1 Å². The Morgan fingerprint density at radius 3 is 2.73 bits per heavy atom. The summed E-state index contributed by atoms with van der Waals surface area (Å²) in [6.07, 6.45) is 3.70. The molecule has 0 aliphatic carbocycles. The van der Waals surface area contributed by atoms with Gasteiger partial charge in [-0.15, -0.1) is 10.2 Å². The summed E-state index contributed by atoms with van der Waals surface area (Å²) in [4.78, 5) is 10.8. The molecule has 134 valence electrons. The summed E-state index contributed by atoms with van der Waals surface area (Å²) in [5.74, 6) is 1.48. The van der Waals surface area contributed by atoms with Crippen LogP contribution in [0.3, 0.4) is 0 Å². The minimum atomic E-state index is -0.318. The standard InChI is InChI=1S/C18H20N6O2/c1-19-8-12-2-4-13(5-3-12)17-22-23-18(26-17)15-9-20-10-16(21-15)24-7-6-14(25)11-24/h2-5,9-10,14,19,25H,6-8,11H2,1H3/t14-/m0/s1. The third-order valence-electron chi connectivity index (χ3n) is 4.34. The van der Waals surface area contributed by atoms with Gasteiger partial charge in [0.05, 0.1) is 18.5 Å². The van der Waals surface area contributed by atoms with E-state index < -0.39 is 0 Å². The Morgan fingerprint density at radius 1 is 1.19 bits per heavy atom. The van der Waals surface area contributed by atoms with E-state index >= 15 is 0 Å². The number of nitrogens with zero attached hydrogens (tertiary/aromatic N) is 5. The van der Waals surface area contributed by atoms with Crippen molar-refractivity contribution in [3.05, 3.63) is 42.2 Å². The lowest BCUT2D eigenvalue weighted by Gasteiger charge is -2.15. The molecule has 3 aromatic rings. The molecule has 2 aromatic heterocycles. The van der Waals surface area contributed by atoms with Crippen molar-refractivity contribution in [2.75, 3.05) is 25.0 Å². The van der Waals surface area contributed by atoms with E-state index in [-0.39, 0.29) is 6.10 Å². The number of aliphatic hydroxyl groups excluding tert-OH is 1. The maximum absolute atomic E-state index is 9.70. The van der Waals surface area contributed by atoms with Gasteiger partial charge in [0.2, 0.25) is 5.89 Å². The zero-order chi connectivity index (χ0) is 17.9. The van der Waals surface area contributed by atoms with E-state index in [1.165, 1.54) is 5.56 Å². The fourth-order valence-electron chi connectivity index (χ4n) is 2.97. The number of hydrogen-bond acceptors (Lipinski definition) is 8. The molecule has 0 amide bonds. The SMILES string of the molecule is CNCc1ccc(-c2nnc(-c3cncc(N4CC[C@H](O)C4)n3)o2)cc1. The number of aromatic nitrogens is 4. The van der Waals surface area contributed by atoms with Crippen molar-refractivity contribution in [2.24, 2.45) is 0 Å². The molecule has 26 heavy (non-hydrogen) atoms. The average molecular weight is 352 g/mol. The minimum absolute atomic E-state index is 0.318. The maximum atomic E-state index is 9.70. The average Bonchev–Trinajstić information content (AvgIpc) is 3.32. The molecule has 0 saturated carbocycles. The number of hydrogen-bond donors (Lipinski definition) is 2. The summed E-state index contributed by atoms with van der Waals surface area (Å²) in [5.41, 5.74) is 2.56. The second-order valence-corrected chi connectivity index (χ2v) is 6.29. The monoisotopic (exact) mass is 352 g/mol. The van der Waals surface area contributed by atoms with E-state index in [4.69, 9.17) is 4.42 Å². The highest BCUT2D eigenvalue weighted by molar-refractivity contribution is 5.56. The van der Waals surface area contributed by atoms with E-state index in [0.29, 0.717) is 29.8 Å². The molecule has 3 heterocycles. The lowest BCUT2D eigenvalue weighted by atomic mass is 10.1. The van der Waals surface area contributed by atoms with Crippen LogP contribution < -0.4 is 10.2 Å². The van der Waals surface area contributed by atoms with Crippen LogP contribution in [0.4, 0.5) is 5.82 Å². The molecule has 0 bridgehead atoms. The van der Waals surface area contributed by atoms with E-state index in [9.17, 15) is 5.11 Å². The Morgan fingerprint density at radius 2 is 2.00 bits per heavy atom. The van der Waals surface area contributed by atoms with Crippen LogP contribution >= 0.6 is 0 Å². The van der Waals surface area contributed by atoms with Gasteiger partial charge in [0.25, 0.3) is 5.89 Å². The van der Waals surface area contributed by atoms with E-state index in [2.05, 4.69) is 25.5 Å². The molecule has 0 spiro atoms. The number of aliphatic hydroxyl groups is 1. The molecule has 1 aliphatic heterocycles. The van der Waals surface area contributed by atoms with Crippen molar-refractivity contribution in [1.82, 2.24) is 25.5 Å². The van der Waals surface area contributed by atoms with Crippen LogP contribution in [0, 0.1) is 0 Å². The van der Waals surface area contributed by atoms with Gasteiger partial charge in [-0.25, -0.2) is 4.98 Å². The second kappa shape index (κ2) is 7.19. The summed E-state index contributed by atoms with van der Waals surface area (Å²) in [6.45, 7) is 2.13. The summed E-state index contributed by atoms with van der Waals surface area (Å²) < 4.78 is 5.79. The van der Waals surface area contributed by atoms with Gasteiger partial charge in [0, 0.05) is 25.2 Å². The van der Waals surface area contributed by atoms with Gasteiger partial charge in [-0.3, -0.25) is 4.98 Å². The quantitative estimate of drug-likeness (QED) is 0.712. The highest BCUT2D eigenvalue weighted by atomic mass is 16.4. The van der Waals surface area contributed by atoms with Crippen LogP contribution in [0.5, 0.6) is 0 Å². The van der Waals surface area contributed by atoms with Crippen LogP contribution in [0.1, 0.15) is 12.0 Å². The molecule has 1 fully saturated rings. The summed E-state index contributed by atoms with van der Waals surface area (Å²) in [7, 11) is 1.91. The van der Waals surface area contributed by atoms with Gasteiger partial charge < -0.3 is 19.7 Å². The normalized spacial score (nSPS) is 17.0. The third-order valence-corrected chi connectivity index (χ3v) is 4.34. The van der Waals surface area contributed by atoms with Crippen molar-refractivity contribution < 1.29 is 9.52 Å². The predicted molar refractivity (Wildman–Crippen MR) is 96.4 cm³/mol. The Balaban J connectivity index is 1.56. The van der Waals surface area contributed by atoms with Crippen LogP contribution in [0.2, 0.25) is 0 Å². The van der Waals surface area contributed by atoms with Crippen LogP contribution in [0.25, 0.3) is 23.0 Å². The lowest BCUT2D eigenvalue weighted by Crippen LogP contribution is -2.22. The molecule has 4 rings (SSSR count). The third kappa shape index (κ3) is 3.42. The smallest absolute Gasteiger partial charge is 0.268 e. The lowest BCUT2D eigenvalue weighted by molar-refractivity contribution is 0.198. The Kier molecular flexibility index (Phi) is 4.59. The molecule has 2 N–H and O–H groups in total. The largest absolute Gasteiger partial charge is 0.415 e. The molecule has 1 aromatic carbocycles. The molecular formula is C18H20N6O2. The van der Waals surface area contributed by atoms with E-state index in [0.717, 1.165) is 25.1 Å². The number of nitrogens with one attached hydrogen (secondary N) is 1. The zero-order valence-corrected chi connectivity index (χ0v) is 14.5. The van der Waals surface area contributed by atoms with Gasteiger partial charge in [0.1, 0.15) is 11.5 Å². The van der Waals surface area contributed by atoms with Crippen molar-refractivity contribution in [3.8, 4) is 23.0 Å². The van der Waals surface area contributed by atoms with Gasteiger partial charge in [-0.05, 0) is 31.2 Å². The highest BCUT2D eigenvalue weighted by Crippen LogP contribution is 2.25. The van der Waals surface area contributed by atoms with Gasteiger partial charge in [-0.1, -0.05) is 12.1 Å². The fourth-order valence-corrected chi connectivity index (χ4v) is 2.97. The summed E-state index contributed by atoms with van der Waals surface area (Å²) in [5, 5.41) is 21.0. The molecule has 1 saturated heterocycles. The first kappa shape index (κ1) is 16.6. The van der Waals surface area contributed by atoms with Crippen LogP contribution in [-0.2, 0) is 6.54 Å². The second-order valence-electron chi connectivity index (χ2n) is 6.29. The molecule has 0 radical (unpaired) electrons. The predicted octanol–water partition coefficient (Wildman–Crippen LogP) is 1.48. The zero-order valence-electron chi connectivity index (χ0n) is 14.5. The van der Waals surface area contributed by atoms with Crippen LogP contribution in [-0.4, -0.2) is 51.5 Å². The first-order valence-corrected chi connectivity index (χ1v) is 8.56. The Bertz CT molecular complexity index is 879. The fraction of sp³-hybridized carbons (Fsp3) is 0.333. The highest BCUT2D eigenvalue weighted by Gasteiger charge is 2.22. The number of anilines is 1. The first-order valence-electron chi connectivity index (χ1n) is 8.56. The van der Waals surface area contributed by atoms with Crippen molar-refractivity contribution >= 4 is 5.82 Å². The molecule has 1 atom stereocenters. The Hall–Kier alpha value is -2.84. The van der Waals surface area contributed by atoms with Gasteiger partial charge in [-0.2, -0.15) is 0 Å².